The van der Waals surface area contributed by atoms with Gasteiger partial charge in [0.05, 0.1) is 19.8 Å². The summed E-state index contributed by atoms with van der Waals surface area (Å²) in [7, 11) is 4.06. The zero-order valence-corrected chi connectivity index (χ0v) is 25.4. The van der Waals surface area contributed by atoms with Gasteiger partial charge in [0.15, 0.2) is 18.3 Å². The van der Waals surface area contributed by atoms with Gasteiger partial charge in [-0.2, -0.15) is 0 Å². The molecule has 0 unspecified atom stereocenters. The summed E-state index contributed by atoms with van der Waals surface area (Å²) in [6, 6.07) is 12.2. The van der Waals surface area contributed by atoms with Gasteiger partial charge in [0.1, 0.15) is 31.2 Å². The van der Waals surface area contributed by atoms with Gasteiger partial charge in [-0.15, -0.1) is 0 Å². The number of esters is 5. The topological polar surface area (TPSA) is 159 Å². The van der Waals surface area contributed by atoms with Gasteiger partial charge in [-0.25, -0.2) is 9.59 Å². The van der Waals surface area contributed by atoms with Crippen LogP contribution in [-0.2, 0) is 58.8 Å². The standard InChI is InChI=1S/C31H36O13/c1-17(32)40-15-25-28(41-18(2)33)30(44-26(35)16-37-4)29(42-19(3)34)27(43-25)23-12-9-21(14-24(23)38-5)13-20-7-10-22(11-8-20)31(36)39-6/h7-12,14,25,27-30H,13,15-16H2,1-6H3/t25-,27+,28+,29+,30+/m1/s1. The summed E-state index contributed by atoms with van der Waals surface area (Å²) < 4.78 is 43.5. The second kappa shape index (κ2) is 15.8. The predicted molar refractivity (Wildman–Crippen MR) is 151 cm³/mol. The van der Waals surface area contributed by atoms with Gasteiger partial charge in [-0.3, -0.25) is 14.4 Å². The molecule has 0 amide bonds. The lowest BCUT2D eigenvalue weighted by Gasteiger charge is -2.44. The van der Waals surface area contributed by atoms with Gasteiger partial charge < -0.3 is 37.9 Å². The van der Waals surface area contributed by atoms with Crippen molar-refractivity contribution in [3.63, 3.8) is 0 Å². The van der Waals surface area contributed by atoms with Crippen LogP contribution in [0.1, 0.15) is 53.9 Å². The molecule has 1 aliphatic heterocycles. The fourth-order valence-electron chi connectivity index (χ4n) is 4.80. The third-order valence-corrected chi connectivity index (χ3v) is 6.61. The van der Waals surface area contributed by atoms with Crippen LogP contribution < -0.4 is 4.74 Å². The maximum absolute atomic E-state index is 12.6. The molecule has 13 nitrogen and oxygen atoms in total. The van der Waals surface area contributed by atoms with E-state index in [4.69, 9.17) is 37.9 Å². The number of carbonyl (C=O) groups is 5. The normalized spacial score (nSPS) is 21.0. The van der Waals surface area contributed by atoms with Crippen molar-refractivity contribution >= 4 is 29.8 Å². The van der Waals surface area contributed by atoms with Crippen LogP contribution in [0.15, 0.2) is 42.5 Å². The zero-order valence-electron chi connectivity index (χ0n) is 25.4. The molecule has 0 saturated carbocycles. The molecule has 2 aromatic rings. The van der Waals surface area contributed by atoms with Crippen molar-refractivity contribution in [3.05, 3.63) is 64.7 Å². The molecule has 0 radical (unpaired) electrons. The third-order valence-electron chi connectivity index (χ3n) is 6.61. The second-order valence-corrected chi connectivity index (χ2v) is 9.87. The van der Waals surface area contributed by atoms with Crippen molar-refractivity contribution in [2.45, 2.75) is 57.7 Å². The molecule has 1 aliphatic rings. The Balaban J connectivity index is 2.04. The molecule has 13 heteroatoms. The molecule has 3 rings (SSSR count). The second-order valence-electron chi connectivity index (χ2n) is 9.87. The van der Waals surface area contributed by atoms with Crippen molar-refractivity contribution in [2.24, 2.45) is 0 Å². The van der Waals surface area contributed by atoms with Gasteiger partial charge in [0.2, 0.25) is 0 Å². The SMILES string of the molecule is COCC(=O)O[C@H]1[C@@H](OC(C)=O)[C@@H](COC(C)=O)O[C@@H](c2ccc(Cc3ccc(C(=O)OC)cc3)cc2OC)[C@@H]1OC(C)=O. The van der Waals surface area contributed by atoms with Crippen LogP contribution >= 0.6 is 0 Å². The van der Waals surface area contributed by atoms with Gasteiger partial charge in [0, 0.05) is 33.4 Å². The highest BCUT2D eigenvalue weighted by Gasteiger charge is 2.53. The summed E-state index contributed by atoms with van der Waals surface area (Å²) in [5, 5.41) is 0. The van der Waals surface area contributed by atoms with Gasteiger partial charge in [0.25, 0.3) is 0 Å². The zero-order chi connectivity index (χ0) is 32.4. The van der Waals surface area contributed by atoms with E-state index in [2.05, 4.69) is 0 Å². The number of benzene rings is 2. The molecule has 1 saturated heterocycles. The fourth-order valence-corrected chi connectivity index (χ4v) is 4.80. The van der Waals surface area contributed by atoms with Crippen molar-refractivity contribution < 1.29 is 61.9 Å². The molecule has 0 bridgehead atoms. The molecule has 0 aromatic heterocycles. The highest BCUT2D eigenvalue weighted by atomic mass is 16.7. The lowest BCUT2D eigenvalue weighted by atomic mass is 9.89. The van der Waals surface area contributed by atoms with E-state index in [-0.39, 0.29) is 6.61 Å². The highest BCUT2D eigenvalue weighted by Crippen LogP contribution is 2.41. The van der Waals surface area contributed by atoms with Gasteiger partial charge in [-0.1, -0.05) is 24.3 Å². The Morgan fingerprint density at radius 1 is 0.750 bits per heavy atom. The Hall–Kier alpha value is -4.49. The monoisotopic (exact) mass is 616 g/mol. The van der Waals surface area contributed by atoms with E-state index in [0.29, 0.717) is 23.3 Å². The summed E-state index contributed by atoms with van der Waals surface area (Å²) >= 11 is 0. The van der Waals surface area contributed by atoms with Crippen molar-refractivity contribution in [1.29, 1.82) is 0 Å². The average Bonchev–Trinajstić information content (AvgIpc) is 2.98. The number of hydrogen-bond acceptors (Lipinski definition) is 13. The van der Waals surface area contributed by atoms with Crippen LogP contribution in [0.4, 0.5) is 0 Å². The van der Waals surface area contributed by atoms with Crippen molar-refractivity contribution in [1.82, 2.24) is 0 Å². The molecule has 0 aliphatic carbocycles. The van der Waals surface area contributed by atoms with Crippen LogP contribution in [-0.4, -0.2) is 88.8 Å². The minimum absolute atomic E-state index is 0.356. The van der Waals surface area contributed by atoms with Gasteiger partial charge in [-0.05, 0) is 35.7 Å². The summed E-state index contributed by atoms with van der Waals surface area (Å²) in [5.74, 6) is -2.98. The summed E-state index contributed by atoms with van der Waals surface area (Å²) in [4.78, 5) is 60.4. The largest absolute Gasteiger partial charge is 0.496 e. The number of rotatable bonds is 12. The number of methoxy groups -OCH3 is 3. The Kier molecular flexibility index (Phi) is 12.2. The first kappa shape index (κ1) is 34.0. The molecule has 5 atom stereocenters. The summed E-state index contributed by atoms with van der Waals surface area (Å²) in [5.41, 5.74) is 2.60. The van der Waals surface area contributed by atoms with E-state index in [1.54, 1.807) is 36.4 Å². The third kappa shape index (κ3) is 9.01. The minimum atomic E-state index is -1.37. The molecular formula is C31H36O13. The van der Waals surface area contributed by atoms with Crippen LogP contribution in [0.3, 0.4) is 0 Å². The van der Waals surface area contributed by atoms with Crippen LogP contribution in [0.25, 0.3) is 0 Å². The molecule has 1 heterocycles. The Morgan fingerprint density at radius 3 is 1.95 bits per heavy atom. The van der Waals surface area contributed by atoms with E-state index in [1.807, 2.05) is 6.07 Å². The fraction of sp³-hybridized carbons (Fsp3) is 0.452. The molecular weight excluding hydrogens is 580 g/mol. The minimum Gasteiger partial charge on any atom is -0.496 e. The average molecular weight is 617 g/mol. The number of hydrogen-bond donors (Lipinski definition) is 0. The molecule has 0 spiro atoms. The number of ether oxygens (including phenoxy) is 8. The van der Waals surface area contributed by atoms with E-state index in [0.717, 1.165) is 18.1 Å². The first-order valence-electron chi connectivity index (χ1n) is 13.6. The van der Waals surface area contributed by atoms with Crippen LogP contribution in [0.5, 0.6) is 5.75 Å². The number of carbonyl (C=O) groups excluding carboxylic acids is 5. The molecule has 1 fully saturated rings. The Labute approximate surface area is 254 Å². The van der Waals surface area contributed by atoms with E-state index in [9.17, 15) is 24.0 Å². The Bertz CT molecular complexity index is 1340. The Morgan fingerprint density at radius 2 is 1.39 bits per heavy atom. The molecule has 0 N–H and O–H groups in total. The van der Waals surface area contributed by atoms with Crippen LogP contribution in [0.2, 0.25) is 0 Å². The maximum Gasteiger partial charge on any atom is 0.337 e. The van der Waals surface area contributed by atoms with E-state index in [1.165, 1.54) is 35.2 Å². The highest BCUT2D eigenvalue weighted by molar-refractivity contribution is 5.89. The summed E-state index contributed by atoms with van der Waals surface area (Å²) in [6.07, 6.45) is -5.75. The smallest absolute Gasteiger partial charge is 0.337 e. The van der Waals surface area contributed by atoms with E-state index < -0.39 is 67.0 Å². The van der Waals surface area contributed by atoms with Crippen molar-refractivity contribution in [3.8, 4) is 5.75 Å². The maximum atomic E-state index is 12.6. The van der Waals surface area contributed by atoms with Crippen LogP contribution in [0, 0.1) is 0 Å². The van der Waals surface area contributed by atoms with E-state index >= 15 is 0 Å². The first-order valence-corrected chi connectivity index (χ1v) is 13.6. The molecule has 2 aromatic carbocycles. The lowest BCUT2D eigenvalue weighted by molar-refractivity contribution is -0.255. The predicted octanol–water partition coefficient (Wildman–Crippen LogP) is 2.50. The van der Waals surface area contributed by atoms with Gasteiger partial charge >= 0.3 is 29.8 Å². The van der Waals surface area contributed by atoms with Crippen molar-refractivity contribution in [2.75, 3.05) is 34.5 Å². The lowest BCUT2D eigenvalue weighted by Crippen LogP contribution is -2.59. The quantitative estimate of drug-likeness (QED) is 0.253. The first-order chi connectivity index (χ1) is 21.0. The molecule has 238 valence electrons. The molecule has 44 heavy (non-hydrogen) atoms. The summed E-state index contributed by atoms with van der Waals surface area (Å²) in [6.45, 7) is 2.71.